The summed E-state index contributed by atoms with van der Waals surface area (Å²) in [6, 6.07) is 10.8. The molecule has 1 aliphatic rings. The molecule has 0 unspecified atom stereocenters. The normalized spacial score (nSPS) is 16.0. The number of hydrogen-bond acceptors (Lipinski definition) is 5. The molecule has 2 heterocycles. The number of piperazine rings is 1. The molecule has 2 N–H and O–H groups in total. The zero-order valence-corrected chi connectivity index (χ0v) is 18.4. The van der Waals surface area contributed by atoms with Crippen LogP contribution in [0, 0.1) is 0 Å². The first-order valence-corrected chi connectivity index (χ1v) is 11.1. The quantitative estimate of drug-likeness (QED) is 0.350. The van der Waals surface area contributed by atoms with E-state index in [9.17, 15) is 0 Å². The Balaban J connectivity index is 1.28. The van der Waals surface area contributed by atoms with E-state index in [0.717, 1.165) is 50.9 Å². The maximum Gasteiger partial charge on any atom is 0.191 e. The van der Waals surface area contributed by atoms with Gasteiger partial charge < -0.3 is 15.5 Å². The van der Waals surface area contributed by atoms with Crippen molar-refractivity contribution in [3.05, 3.63) is 48.0 Å². The SMILES string of the molecule is CCNC(=NCc1ncnn1C)NCCCCN1CCN(Cc2ccccc2)CC1. The van der Waals surface area contributed by atoms with Crippen LogP contribution < -0.4 is 10.6 Å². The van der Waals surface area contributed by atoms with Gasteiger partial charge in [0, 0.05) is 52.9 Å². The van der Waals surface area contributed by atoms with Crippen molar-refractivity contribution in [2.24, 2.45) is 12.0 Å². The molecule has 0 bridgehead atoms. The van der Waals surface area contributed by atoms with Crippen molar-refractivity contribution in [2.45, 2.75) is 32.9 Å². The first-order valence-electron chi connectivity index (χ1n) is 11.1. The fraction of sp³-hybridized carbons (Fsp3) is 0.591. The van der Waals surface area contributed by atoms with E-state index in [-0.39, 0.29) is 0 Å². The van der Waals surface area contributed by atoms with Crippen molar-refractivity contribution in [2.75, 3.05) is 45.8 Å². The highest BCUT2D eigenvalue weighted by molar-refractivity contribution is 5.79. The lowest BCUT2D eigenvalue weighted by atomic mass is 10.2. The number of guanidine groups is 1. The zero-order valence-electron chi connectivity index (χ0n) is 18.4. The summed E-state index contributed by atoms with van der Waals surface area (Å²) in [6.07, 6.45) is 3.90. The monoisotopic (exact) mass is 412 g/mol. The van der Waals surface area contributed by atoms with Crippen LogP contribution >= 0.6 is 0 Å². The molecule has 1 aliphatic heterocycles. The van der Waals surface area contributed by atoms with Gasteiger partial charge in [-0.3, -0.25) is 9.58 Å². The Hall–Kier alpha value is -2.45. The van der Waals surface area contributed by atoms with Gasteiger partial charge in [-0.25, -0.2) is 9.98 Å². The van der Waals surface area contributed by atoms with Crippen LogP contribution in [0.15, 0.2) is 41.7 Å². The number of benzene rings is 1. The smallest absolute Gasteiger partial charge is 0.191 e. The highest BCUT2D eigenvalue weighted by Crippen LogP contribution is 2.09. The van der Waals surface area contributed by atoms with Crippen LogP contribution in [0.2, 0.25) is 0 Å². The molecule has 1 aromatic heterocycles. The molecule has 1 fully saturated rings. The number of aromatic nitrogens is 3. The summed E-state index contributed by atoms with van der Waals surface area (Å²) >= 11 is 0. The third kappa shape index (κ3) is 7.42. The highest BCUT2D eigenvalue weighted by atomic mass is 15.3. The average Bonchev–Trinajstić information content (AvgIpc) is 3.18. The maximum atomic E-state index is 4.60. The number of hydrogen-bond donors (Lipinski definition) is 2. The zero-order chi connectivity index (χ0) is 21.0. The van der Waals surface area contributed by atoms with Gasteiger partial charge in [0.2, 0.25) is 0 Å². The first-order chi connectivity index (χ1) is 14.7. The summed E-state index contributed by atoms with van der Waals surface area (Å²) in [7, 11) is 1.89. The molecule has 0 saturated carbocycles. The molecule has 8 heteroatoms. The summed E-state index contributed by atoms with van der Waals surface area (Å²) in [5.41, 5.74) is 1.41. The molecule has 30 heavy (non-hydrogen) atoms. The van der Waals surface area contributed by atoms with E-state index in [1.165, 1.54) is 31.6 Å². The Morgan fingerprint density at radius 3 is 2.50 bits per heavy atom. The van der Waals surface area contributed by atoms with E-state index in [1.54, 1.807) is 11.0 Å². The first kappa shape index (κ1) is 22.2. The van der Waals surface area contributed by atoms with Crippen molar-refractivity contribution in [1.82, 2.24) is 35.2 Å². The minimum atomic E-state index is 0.527. The Morgan fingerprint density at radius 1 is 1.03 bits per heavy atom. The van der Waals surface area contributed by atoms with Crippen LogP contribution in [0.4, 0.5) is 0 Å². The molecule has 1 saturated heterocycles. The van der Waals surface area contributed by atoms with Crippen LogP contribution in [0.5, 0.6) is 0 Å². The van der Waals surface area contributed by atoms with Gasteiger partial charge in [0.15, 0.2) is 5.96 Å². The lowest BCUT2D eigenvalue weighted by Gasteiger charge is -2.34. The van der Waals surface area contributed by atoms with E-state index < -0.39 is 0 Å². The van der Waals surface area contributed by atoms with Crippen molar-refractivity contribution >= 4 is 5.96 Å². The predicted octanol–water partition coefficient (Wildman–Crippen LogP) is 1.47. The molecule has 164 valence electrons. The fourth-order valence-electron chi connectivity index (χ4n) is 3.63. The number of rotatable bonds is 10. The van der Waals surface area contributed by atoms with Crippen LogP contribution in [-0.2, 0) is 20.1 Å². The van der Waals surface area contributed by atoms with Crippen LogP contribution in [-0.4, -0.2) is 76.3 Å². The Bertz CT molecular complexity index is 750. The summed E-state index contributed by atoms with van der Waals surface area (Å²) in [5, 5.41) is 10.8. The summed E-state index contributed by atoms with van der Waals surface area (Å²) in [4.78, 5) is 14.0. The molecule has 0 radical (unpaired) electrons. The Labute approximate surface area is 180 Å². The van der Waals surface area contributed by atoms with Crippen LogP contribution in [0.3, 0.4) is 0 Å². The second-order valence-corrected chi connectivity index (χ2v) is 7.73. The molecule has 0 aliphatic carbocycles. The van der Waals surface area contributed by atoms with Gasteiger partial charge >= 0.3 is 0 Å². The van der Waals surface area contributed by atoms with Crippen LogP contribution in [0.25, 0.3) is 0 Å². The minimum absolute atomic E-state index is 0.527. The fourth-order valence-corrected chi connectivity index (χ4v) is 3.63. The van der Waals surface area contributed by atoms with E-state index in [1.807, 2.05) is 7.05 Å². The second-order valence-electron chi connectivity index (χ2n) is 7.73. The Kier molecular flexibility index (Phi) is 9.11. The largest absolute Gasteiger partial charge is 0.357 e. The van der Waals surface area contributed by atoms with E-state index in [0.29, 0.717) is 6.54 Å². The van der Waals surface area contributed by atoms with Crippen LogP contribution in [0.1, 0.15) is 31.2 Å². The molecule has 8 nitrogen and oxygen atoms in total. The molecule has 0 atom stereocenters. The van der Waals surface area contributed by atoms with Crippen molar-refractivity contribution in [1.29, 1.82) is 0 Å². The number of nitrogens with zero attached hydrogens (tertiary/aromatic N) is 6. The van der Waals surface area contributed by atoms with E-state index in [4.69, 9.17) is 0 Å². The molecular weight excluding hydrogens is 376 g/mol. The lowest BCUT2D eigenvalue weighted by molar-refractivity contribution is 0.126. The average molecular weight is 413 g/mol. The van der Waals surface area contributed by atoms with Crippen molar-refractivity contribution < 1.29 is 0 Å². The molecule has 0 spiro atoms. The molecule has 3 rings (SSSR count). The highest BCUT2D eigenvalue weighted by Gasteiger charge is 2.16. The molecule has 0 amide bonds. The van der Waals surface area contributed by atoms with E-state index >= 15 is 0 Å². The minimum Gasteiger partial charge on any atom is -0.357 e. The number of aryl methyl sites for hydroxylation is 1. The van der Waals surface area contributed by atoms with Gasteiger partial charge in [-0.2, -0.15) is 5.10 Å². The maximum absolute atomic E-state index is 4.60. The van der Waals surface area contributed by atoms with Gasteiger partial charge in [0.25, 0.3) is 0 Å². The second kappa shape index (κ2) is 12.3. The number of nitrogens with one attached hydrogen (secondary N) is 2. The van der Waals surface area contributed by atoms with E-state index in [2.05, 4.69) is 72.8 Å². The molecule has 2 aromatic rings. The summed E-state index contributed by atoms with van der Waals surface area (Å²) < 4.78 is 1.76. The van der Waals surface area contributed by atoms with Crippen molar-refractivity contribution in [3.63, 3.8) is 0 Å². The number of aliphatic imine (C=N–C) groups is 1. The van der Waals surface area contributed by atoms with Gasteiger partial charge in [-0.05, 0) is 31.9 Å². The standard InChI is InChI=1S/C22H36N8/c1-3-23-22(25-17-21-26-19-27-28(21)2)24-11-7-8-12-29-13-15-30(16-14-29)18-20-9-5-4-6-10-20/h4-6,9-10,19H,3,7-8,11-18H2,1-2H3,(H2,23,24,25). The molecule has 1 aromatic carbocycles. The lowest BCUT2D eigenvalue weighted by Crippen LogP contribution is -2.46. The number of unbranched alkanes of at least 4 members (excludes halogenated alkanes) is 1. The summed E-state index contributed by atoms with van der Waals surface area (Å²) in [5.74, 6) is 1.70. The van der Waals surface area contributed by atoms with Gasteiger partial charge in [0.1, 0.15) is 18.7 Å². The third-order valence-electron chi connectivity index (χ3n) is 5.44. The van der Waals surface area contributed by atoms with Gasteiger partial charge in [0.05, 0.1) is 0 Å². The Morgan fingerprint density at radius 2 is 1.80 bits per heavy atom. The van der Waals surface area contributed by atoms with Gasteiger partial charge in [-0.15, -0.1) is 0 Å². The molecular formula is C22H36N8. The van der Waals surface area contributed by atoms with Crippen molar-refractivity contribution in [3.8, 4) is 0 Å². The van der Waals surface area contributed by atoms with Gasteiger partial charge in [-0.1, -0.05) is 30.3 Å². The topological polar surface area (TPSA) is 73.6 Å². The predicted molar refractivity (Wildman–Crippen MR) is 121 cm³/mol. The third-order valence-corrected chi connectivity index (χ3v) is 5.44. The summed E-state index contributed by atoms with van der Waals surface area (Å²) in [6.45, 7) is 11.3.